The number of rotatable bonds is 4. The quantitative estimate of drug-likeness (QED) is 0.192. The molecule has 0 amide bonds. The summed E-state index contributed by atoms with van der Waals surface area (Å²) >= 11 is 0. The molecule has 1 aliphatic heterocycles. The van der Waals surface area contributed by atoms with Crippen molar-refractivity contribution in [2.24, 2.45) is 0 Å². The molecule has 230 valence electrons. The van der Waals surface area contributed by atoms with Crippen molar-refractivity contribution in [1.82, 2.24) is 14.5 Å². The SMILES string of the molecule is O=S1(=O)Cc2ccc(-c3cc(-c4ccncc4)cc(-c4ccncc4)c3)cc2-c2cc(-n3c4ccccc4c4ccccc43)ccc2C1. The first-order chi connectivity index (χ1) is 23.5. The minimum Gasteiger partial charge on any atom is -0.309 e. The van der Waals surface area contributed by atoms with Crippen molar-refractivity contribution in [3.63, 3.8) is 0 Å². The van der Waals surface area contributed by atoms with Gasteiger partial charge in [0, 0.05) is 41.2 Å². The molecule has 3 aromatic heterocycles. The standard InChI is InChI=1S/C42H29N3O2S/c46-48(47)26-31-10-9-30(35-22-33(28-13-17-43-18-14-28)21-34(23-35)29-15-19-44-20-16-29)24-39(31)40-25-36(12-11-32(40)27-48)45-41-7-3-1-5-37(41)38-6-2-4-8-42(38)45/h1-25H,26-27H2. The highest BCUT2D eigenvalue weighted by Gasteiger charge is 2.25. The van der Waals surface area contributed by atoms with E-state index in [1.807, 2.05) is 61.2 Å². The molecular weight excluding hydrogens is 611 g/mol. The average Bonchev–Trinajstić information content (AvgIpc) is 3.41. The van der Waals surface area contributed by atoms with E-state index >= 15 is 0 Å². The van der Waals surface area contributed by atoms with Gasteiger partial charge in [-0.1, -0.05) is 54.6 Å². The lowest BCUT2D eigenvalue weighted by Gasteiger charge is -2.16. The van der Waals surface area contributed by atoms with E-state index in [2.05, 4.69) is 106 Å². The van der Waals surface area contributed by atoms with Crippen LogP contribution in [0.2, 0.25) is 0 Å². The molecule has 5 nitrogen and oxygen atoms in total. The molecule has 5 aromatic carbocycles. The molecule has 48 heavy (non-hydrogen) atoms. The molecular formula is C42H29N3O2S. The average molecular weight is 640 g/mol. The predicted octanol–water partition coefficient (Wildman–Crippen LogP) is 9.67. The van der Waals surface area contributed by atoms with Crippen LogP contribution in [0.5, 0.6) is 0 Å². The highest BCUT2D eigenvalue weighted by Crippen LogP contribution is 2.41. The van der Waals surface area contributed by atoms with Gasteiger partial charge < -0.3 is 4.57 Å². The number of aromatic nitrogens is 3. The molecule has 0 radical (unpaired) electrons. The molecule has 0 aliphatic carbocycles. The fourth-order valence-electron chi connectivity index (χ4n) is 7.15. The second-order valence-corrected chi connectivity index (χ2v) is 14.5. The molecule has 0 saturated carbocycles. The molecule has 0 bridgehead atoms. The molecule has 0 N–H and O–H groups in total. The Hall–Kier alpha value is -5.85. The summed E-state index contributed by atoms with van der Waals surface area (Å²) in [5, 5.41) is 2.37. The predicted molar refractivity (Wildman–Crippen MR) is 194 cm³/mol. The highest BCUT2D eigenvalue weighted by atomic mass is 32.2. The van der Waals surface area contributed by atoms with Gasteiger partial charge in [-0.25, -0.2) is 8.42 Å². The number of para-hydroxylation sites is 2. The minimum absolute atomic E-state index is 0.00132. The number of fused-ring (bicyclic) bond motifs is 6. The van der Waals surface area contributed by atoms with Gasteiger partial charge in [0.25, 0.3) is 0 Å². The van der Waals surface area contributed by atoms with E-state index in [1.165, 1.54) is 10.8 Å². The van der Waals surface area contributed by atoms with Crippen LogP contribution in [0.3, 0.4) is 0 Å². The molecule has 0 fully saturated rings. The third kappa shape index (κ3) is 4.89. The van der Waals surface area contributed by atoms with Crippen LogP contribution in [0.25, 0.3) is 72.0 Å². The number of sulfone groups is 1. The van der Waals surface area contributed by atoms with Crippen LogP contribution < -0.4 is 0 Å². The normalized spacial score (nSPS) is 13.6. The zero-order valence-electron chi connectivity index (χ0n) is 25.9. The summed E-state index contributed by atoms with van der Waals surface area (Å²) < 4.78 is 29.1. The zero-order chi connectivity index (χ0) is 32.2. The van der Waals surface area contributed by atoms with Crippen LogP contribution in [0, 0.1) is 0 Å². The molecule has 4 heterocycles. The van der Waals surface area contributed by atoms with Crippen molar-refractivity contribution in [2.75, 3.05) is 0 Å². The molecule has 6 heteroatoms. The fraction of sp³-hybridized carbons (Fsp3) is 0.0476. The van der Waals surface area contributed by atoms with Crippen LogP contribution in [0.4, 0.5) is 0 Å². The number of hydrogen-bond acceptors (Lipinski definition) is 4. The van der Waals surface area contributed by atoms with E-state index in [0.717, 1.165) is 72.4 Å². The Balaban J connectivity index is 1.26. The van der Waals surface area contributed by atoms with E-state index in [-0.39, 0.29) is 11.5 Å². The molecule has 0 saturated heterocycles. The van der Waals surface area contributed by atoms with Gasteiger partial charge in [0.1, 0.15) is 0 Å². The van der Waals surface area contributed by atoms with Gasteiger partial charge in [0.15, 0.2) is 9.84 Å². The Kier molecular flexibility index (Phi) is 6.59. The lowest BCUT2D eigenvalue weighted by molar-refractivity contribution is 0.595. The Morgan fingerprint density at radius 3 is 1.50 bits per heavy atom. The van der Waals surface area contributed by atoms with Gasteiger partial charge in [0.2, 0.25) is 0 Å². The van der Waals surface area contributed by atoms with Crippen LogP contribution in [-0.2, 0) is 21.3 Å². The van der Waals surface area contributed by atoms with Gasteiger partial charge in [-0.2, -0.15) is 0 Å². The van der Waals surface area contributed by atoms with Crippen LogP contribution in [0.15, 0.2) is 152 Å². The second kappa shape index (κ2) is 11.1. The maximum Gasteiger partial charge on any atom is 0.158 e. The molecule has 9 rings (SSSR count). The van der Waals surface area contributed by atoms with Crippen molar-refractivity contribution in [3.05, 3.63) is 163 Å². The van der Waals surface area contributed by atoms with Gasteiger partial charge in [-0.15, -0.1) is 0 Å². The molecule has 0 spiro atoms. The summed E-state index contributed by atoms with van der Waals surface area (Å²) in [6.07, 6.45) is 7.23. The maximum absolute atomic E-state index is 13.4. The minimum atomic E-state index is -3.36. The number of benzene rings is 5. The van der Waals surface area contributed by atoms with Crippen molar-refractivity contribution in [3.8, 4) is 50.2 Å². The van der Waals surface area contributed by atoms with Crippen molar-refractivity contribution in [1.29, 1.82) is 0 Å². The third-order valence-corrected chi connectivity index (χ3v) is 10.9. The topological polar surface area (TPSA) is 64.8 Å². The number of pyridine rings is 2. The summed E-state index contributed by atoms with van der Waals surface area (Å²) in [5.74, 6) is 0.00481. The van der Waals surface area contributed by atoms with E-state index in [0.29, 0.717) is 0 Å². The van der Waals surface area contributed by atoms with Crippen molar-refractivity contribution < 1.29 is 8.42 Å². The monoisotopic (exact) mass is 639 g/mol. The van der Waals surface area contributed by atoms with E-state index in [1.54, 1.807) is 0 Å². The van der Waals surface area contributed by atoms with Crippen LogP contribution in [0.1, 0.15) is 11.1 Å². The first-order valence-electron chi connectivity index (χ1n) is 15.9. The third-order valence-electron chi connectivity index (χ3n) is 9.38. The van der Waals surface area contributed by atoms with E-state index in [4.69, 9.17) is 0 Å². The van der Waals surface area contributed by atoms with Gasteiger partial charge in [-0.3, -0.25) is 9.97 Å². The summed E-state index contributed by atoms with van der Waals surface area (Å²) in [7, 11) is -3.36. The molecule has 1 aliphatic rings. The van der Waals surface area contributed by atoms with Gasteiger partial charge in [0.05, 0.1) is 22.5 Å². The summed E-state index contributed by atoms with van der Waals surface area (Å²) in [6.45, 7) is 0. The number of hydrogen-bond donors (Lipinski definition) is 0. The maximum atomic E-state index is 13.4. The Morgan fingerprint density at radius 2 is 0.938 bits per heavy atom. The van der Waals surface area contributed by atoms with Gasteiger partial charge >= 0.3 is 0 Å². The first-order valence-corrected chi connectivity index (χ1v) is 17.7. The first kappa shape index (κ1) is 28.4. The van der Waals surface area contributed by atoms with Crippen molar-refractivity contribution in [2.45, 2.75) is 11.5 Å². The van der Waals surface area contributed by atoms with Crippen LogP contribution in [-0.4, -0.2) is 23.0 Å². The summed E-state index contributed by atoms with van der Waals surface area (Å²) in [6, 6.07) is 44.0. The molecule has 8 aromatic rings. The van der Waals surface area contributed by atoms with E-state index in [9.17, 15) is 8.42 Å². The number of nitrogens with zero attached hydrogens (tertiary/aromatic N) is 3. The summed E-state index contributed by atoms with van der Waals surface area (Å²) in [4.78, 5) is 8.44. The smallest absolute Gasteiger partial charge is 0.158 e. The fourth-order valence-corrected chi connectivity index (χ4v) is 8.71. The highest BCUT2D eigenvalue weighted by molar-refractivity contribution is 7.89. The zero-order valence-corrected chi connectivity index (χ0v) is 26.7. The Bertz CT molecular complexity index is 2520. The summed E-state index contributed by atoms with van der Waals surface area (Å²) in [5.41, 5.74) is 13.1. The Morgan fingerprint density at radius 1 is 0.458 bits per heavy atom. The van der Waals surface area contributed by atoms with E-state index < -0.39 is 9.84 Å². The molecule has 0 unspecified atom stereocenters. The lowest BCUT2D eigenvalue weighted by Crippen LogP contribution is -2.05. The van der Waals surface area contributed by atoms with Gasteiger partial charge in [-0.05, 0) is 128 Å². The van der Waals surface area contributed by atoms with Crippen molar-refractivity contribution >= 4 is 31.6 Å². The lowest BCUT2D eigenvalue weighted by atomic mass is 9.90. The Labute approximate surface area is 278 Å². The van der Waals surface area contributed by atoms with Crippen LogP contribution >= 0.6 is 0 Å². The molecule has 0 atom stereocenters. The second-order valence-electron chi connectivity index (χ2n) is 12.4. The largest absolute Gasteiger partial charge is 0.309 e.